The lowest BCUT2D eigenvalue weighted by Gasteiger charge is -2.22. The minimum atomic E-state index is -0.658. The first-order valence-electron chi connectivity index (χ1n) is 10.4. The van der Waals surface area contributed by atoms with Gasteiger partial charge in [-0.3, -0.25) is 9.59 Å². The number of carbonyl (C=O) groups excluding carboxylic acids is 2. The van der Waals surface area contributed by atoms with Gasteiger partial charge in [0.2, 0.25) is 5.91 Å². The van der Waals surface area contributed by atoms with Crippen LogP contribution in [0, 0.1) is 23.5 Å². The van der Waals surface area contributed by atoms with E-state index >= 15 is 0 Å². The maximum atomic E-state index is 13.4. The molecule has 2 aliphatic carbocycles. The number of nitrogens with one attached hydrogen (secondary N) is 2. The SMILES string of the molecule is CC(=O)C1CCC(NC(=O)C2NSC=C2C2CCC(Oc3cc(F)cc(F)c3)C2)C1. The first kappa shape index (κ1) is 21.3. The maximum Gasteiger partial charge on any atom is 0.242 e. The maximum absolute atomic E-state index is 13.4. The summed E-state index contributed by atoms with van der Waals surface area (Å²) in [6.07, 6.45) is 4.56. The highest BCUT2D eigenvalue weighted by molar-refractivity contribution is 8.00. The number of ether oxygens (including phenoxy) is 1. The second kappa shape index (κ2) is 9.06. The summed E-state index contributed by atoms with van der Waals surface area (Å²) in [5.74, 6) is -0.754. The van der Waals surface area contributed by atoms with Crippen LogP contribution in [0.1, 0.15) is 45.4 Å². The fourth-order valence-corrected chi connectivity index (χ4v) is 5.66. The minimum absolute atomic E-state index is 0.0441. The van der Waals surface area contributed by atoms with E-state index in [2.05, 4.69) is 10.0 Å². The lowest BCUT2D eigenvalue weighted by Crippen LogP contribution is -2.45. The molecule has 0 spiro atoms. The highest BCUT2D eigenvalue weighted by Gasteiger charge is 2.38. The van der Waals surface area contributed by atoms with E-state index in [1.807, 2.05) is 5.41 Å². The summed E-state index contributed by atoms with van der Waals surface area (Å²) in [5.41, 5.74) is 1.04. The fraction of sp³-hybridized carbons (Fsp3) is 0.545. The molecule has 5 atom stereocenters. The Balaban J connectivity index is 1.32. The van der Waals surface area contributed by atoms with Gasteiger partial charge in [0.25, 0.3) is 0 Å². The van der Waals surface area contributed by atoms with Gasteiger partial charge in [-0.15, -0.1) is 0 Å². The van der Waals surface area contributed by atoms with Crippen molar-refractivity contribution >= 4 is 23.6 Å². The molecule has 1 amide bonds. The van der Waals surface area contributed by atoms with E-state index in [1.165, 1.54) is 24.1 Å². The average Bonchev–Trinajstić information content (AvgIpc) is 3.40. The summed E-state index contributed by atoms with van der Waals surface area (Å²) in [6.45, 7) is 1.61. The summed E-state index contributed by atoms with van der Waals surface area (Å²) >= 11 is 1.41. The number of amides is 1. The van der Waals surface area contributed by atoms with Gasteiger partial charge in [0.1, 0.15) is 29.2 Å². The second-order valence-corrected chi connectivity index (χ2v) is 9.17. The number of hydrogen-bond acceptors (Lipinski definition) is 5. The fourth-order valence-electron chi connectivity index (χ4n) is 4.75. The molecule has 2 N–H and O–H groups in total. The molecule has 0 saturated heterocycles. The molecule has 2 fully saturated rings. The second-order valence-electron chi connectivity index (χ2n) is 8.47. The van der Waals surface area contributed by atoms with Gasteiger partial charge in [0, 0.05) is 30.2 Å². The van der Waals surface area contributed by atoms with Gasteiger partial charge < -0.3 is 10.1 Å². The van der Waals surface area contributed by atoms with Gasteiger partial charge in [-0.2, -0.15) is 0 Å². The zero-order chi connectivity index (χ0) is 21.3. The number of carbonyl (C=O) groups is 2. The van der Waals surface area contributed by atoms with Crippen molar-refractivity contribution in [3.63, 3.8) is 0 Å². The third-order valence-electron chi connectivity index (χ3n) is 6.33. The van der Waals surface area contributed by atoms with Crippen LogP contribution in [0.5, 0.6) is 5.75 Å². The lowest BCUT2D eigenvalue weighted by molar-refractivity contribution is -0.123. The minimum Gasteiger partial charge on any atom is -0.490 e. The van der Waals surface area contributed by atoms with Crippen molar-refractivity contribution in [3.8, 4) is 5.75 Å². The smallest absolute Gasteiger partial charge is 0.242 e. The van der Waals surface area contributed by atoms with Crippen molar-refractivity contribution in [2.75, 3.05) is 0 Å². The highest BCUT2D eigenvalue weighted by Crippen LogP contribution is 2.39. The van der Waals surface area contributed by atoms with E-state index in [4.69, 9.17) is 4.74 Å². The molecule has 5 nitrogen and oxygen atoms in total. The summed E-state index contributed by atoms with van der Waals surface area (Å²) in [5, 5.41) is 5.09. The standard InChI is InChI=1S/C22H26F2N2O3S/c1-12(27)13-2-4-17(6-13)25-22(28)21-20(11-30-26-21)14-3-5-18(7-14)29-19-9-15(23)8-16(24)10-19/h8-11,13-14,17-18,21,26H,2-7H2,1H3,(H,25,28). The van der Waals surface area contributed by atoms with Gasteiger partial charge in [0.15, 0.2) is 0 Å². The largest absolute Gasteiger partial charge is 0.490 e. The van der Waals surface area contributed by atoms with Crippen molar-refractivity contribution in [3.05, 3.63) is 40.8 Å². The predicted molar refractivity (Wildman–Crippen MR) is 111 cm³/mol. The number of ketones is 1. The Hall–Kier alpha value is -1.93. The number of Topliss-reactive ketones (excluding diaryl/α,β-unsaturated/α-hetero) is 1. The van der Waals surface area contributed by atoms with E-state index in [0.29, 0.717) is 12.8 Å². The van der Waals surface area contributed by atoms with Gasteiger partial charge in [-0.05, 0) is 62.3 Å². The highest BCUT2D eigenvalue weighted by atomic mass is 32.2. The number of rotatable bonds is 6. The van der Waals surface area contributed by atoms with Crippen LogP contribution < -0.4 is 14.8 Å². The van der Waals surface area contributed by atoms with Crippen LogP contribution in [0.4, 0.5) is 8.78 Å². The molecule has 3 aliphatic rings. The molecular formula is C22H26F2N2O3S. The monoisotopic (exact) mass is 436 g/mol. The molecule has 1 heterocycles. The first-order valence-corrected chi connectivity index (χ1v) is 11.3. The molecule has 4 rings (SSSR count). The summed E-state index contributed by atoms with van der Waals surface area (Å²) in [7, 11) is 0. The van der Waals surface area contributed by atoms with Gasteiger partial charge in [-0.25, -0.2) is 13.5 Å². The molecule has 1 aromatic rings. The van der Waals surface area contributed by atoms with Gasteiger partial charge >= 0.3 is 0 Å². The topological polar surface area (TPSA) is 67.4 Å². The molecule has 1 aliphatic heterocycles. The van der Waals surface area contributed by atoms with Crippen LogP contribution >= 0.6 is 11.9 Å². The third-order valence-corrected chi connectivity index (χ3v) is 7.09. The van der Waals surface area contributed by atoms with E-state index < -0.39 is 17.7 Å². The van der Waals surface area contributed by atoms with Crippen LogP contribution in [-0.4, -0.2) is 29.9 Å². The Morgan fingerprint density at radius 1 is 1.10 bits per heavy atom. The molecular weight excluding hydrogens is 410 g/mol. The zero-order valence-corrected chi connectivity index (χ0v) is 17.6. The molecule has 0 aromatic heterocycles. The summed E-state index contributed by atoms with van der Waals surface area (Å²) in [4.78, 5) is 24.4. The van der Waals surface area contributed by atoms with Crippen LogP contribution in [0.3, 0.4) is 0 Å². The Labute approximate surface area is 179 Å². The van der Waals surface area contributed by atoms with Crippen molar-refractivity contribution in [2.45, 2.75) is 63.6 Å². The molecule has 8 heteroatoms. The van der Waals surface area contributed by atoms with Crippen molar-refractivity contribution in [2.24, 2.45) is 11.8 Å². The molecule has 0 bridgehead atoms. The van der Waals surface area contributed by atoms with Crippen molar-refractivity contribution in [1.82, 2.24) is 10.0 Å². The van der Waals surface area contributed by atoms with Crippen molar-refractivity contribution < 1.29 is 23.1 Å². The van der Waals surface area contributed by atoms with Gasteiger partial charge in [0.05, 0.1) is 6.10 Å². The molecule has 5 unspecified atom stereocenters. The van der Waals surface area contributed by atoms with E-state index in [0.717, 1.165) is 37.3 Å². The Morgan fingerprint density at radius 3 is 2.57 bits per heavy atom. The van der Waals surface area contributed by atoms with Crippen LogP contribution in [0.15, 0.2) is 29.2 Å². The van der Waals surface area contributed by atoms with Gasteiger partial charge in [-0.1, -0.05) is 11.9 Å². The summed E-state index contributed by atoms with van der Waals surface area (Å²) < 4.78 is 35.8. The average molecular weight is 437 g/mol. The van der Waals surface area contributed by atoms with E-state index in [-0.39, 0.29) is 41.4 Å². The Kier molecular flexibility index (Phi) is 6.43. The van der Waals surface area contributed by atoms with E-state index in [1.54, 1.807) is 6.92 Å². The molecule has 0 radical (unpaired) electrons. The van der Waals surface area contributed by atoms with Crippen molar-refractivity contribution in [1.29, 1.82) is 0 Å². The third kappa shape index (κ3) is 4.86. The summed E-state index contributed by atoms with van der Waals surface area (Å²) in [6, 6.07) is 2.84. The Morgan fingerprint density at radius 2 is 1.87 bits per heavy atom. The van der Waals surface area contributed by atoms with Crippen LogP contribution in [0.2, 0.25) is 0 Å². The molecule has 162 valence electrons. The number of hydrogen-bond donors (Lipinski definition) is 2. The first-order chi connectivity index (χ1) is 14.4. The molecule has 2 saturated carbocycles. The normalized spacial score (nSPS) is 30.9. The number of halogens is 2. The lowest BCUT2D eigenvalue weighted by atomic mass is 9.92. The predicted octanol–water partition coefficient (Wildman–Crippen LogP) is 3.89. The number of benzene rings is 1. The quantitative estimate of drug-likeness (QED) is 0.663. The molecule has 30 heavy (non-hydrogen) atoms. The van der Waals surface area contributed by atoms with E-state index in [9.17, 15) is 18.4 Å². The zero-order valence-electron chi connectivity index (χ0n) is 16.8. The molecule has 1 aromatic carbocycles. The Bertz CT molecular complexity index is 843. The van der Waals surface area contributed by atoms with Crippen LogP contribution in [0.25, 0.3) is 0 Å². The van der Waals surface area contributed by atoms with Crippen LogP contribution in [-0.2, 0) is 9.59 Å².